The van der Waals surface area contributed by atoms with Gasteiger partial charge in [-0.1, -0.05) is 6.07 Å². The Bertz CT molecular complexity index is 1470. The molecule has 1 atom stereocenters. The van der Waals surface area contributed by atoms with Crippen molar-refractivity contribution in [2.45, 2.75) is 50.7 Å². The van der Waals surface area contributed by atoms with Gasteiger partial charge in [0.1, 0.15) is 11.6 Å². The third-order valence-corrected chi connectivity index (χ3v) is 6.49. The maximum Gasteiger partial charge on any atom is 0.276 e. The number of anilines is 4. The number of nitrogens with two attached hydrogens (primary N) is 1. The lowest BCUT2D eigenvalue weighted by Gasteiger charge is -2.30. The zero-order valence-corrected chi connectivity index (χ0v) is 21.3. The third kappa shape index (κ3) is 6.09. The highest BCUT2D eigenvalue weighted by Gasteiger charge is 2.25. The molecule has 4 aromatic heterocycles. The van der Waals surface area contributed by atoms with Gasteiger partial charge in [-0.3, -0.25) is 14.6 Å². The summed E-state index contributed by atoms with van der Waals surface area (Å²) in [4.78, 5) is 37.5. The van der Waals surface area contributed by atoms with E-state index < -0.39 is 17.8 Å². The Hall–Kier alpha value is -4.65. The highest BCUT2D eigenvalue weighted by molar-refractivity contribution is 6.03. The van der Waals surface area contributed by atoms with Crippen LogP contribution in [0.2, 0.25) is 0 Å². The predicted octanol–water partition coefficient (Wildman–Crippen LogP) is 2.84. The van der Waals surface area contributed by atoms with Gasteiger partial charge in [0.2, 0.25) is 5.91 Å². The van der Waals surface area contributed by atoms with Gasteiger partial charge in [0, 0.05) is 30.5 Å². The van der Waals surface area contributed by atoms with Gasteiger partial charge in [0.25, 0.3) is 5.91 Å². The van der Waals surface area contributed by atoms with Gasteiger partial charge < -0.3 is 27.0 Å². The highest BCUT2D eigenvalue weighted by Crippen LogP contribution is 2.27. The third-order valence-electron chi connectivity index (χ3n) is 6.49. The first-order chi connectivity index (χ1) is 18.9. The van der Waals surface area contributed by atoms with Gasteiger partial charge in [-0.05, 0) is 50.8 Å². The number of nitrogens with zero attached hydrogens (tertiary/aromatic N) is 5. The lowest BCUT2D eigenvalue weighted by atomic mass is 9.91. The minimum absolute atomic E-state index is 0.000978. The first kappa shape index (κ1) is 26.0. The number of carbonyl (C=O) groups excluding carboxylic acids is 2. The van der Waals surface area contributed by atoms with E-state index in [1.807, 2.05) is 24.3 Å². The molecule has 0 radical (unpaired) electrons. The molecule has 12 nitrogen and oxygen atoms in total. The maximum atomic E-state index is 14.1. The Kier molecular flexibility index (Phi) is 7.59. The quantitative estimate of drug-likeness (QED) is 0.229. The number of hydrogen-bond donors (Lipinski definition) is 5. The number of aromatic nitrogens is 5. The van der Waals surface area contributed by atoms with E-state index >= 15 is 0 Å². The number of fused-ring (bicyclic) bond motifs is 1. The molecular weight excluding hydrogens is 503 g/mol. The second-order valence-electron chi connectivity index (χ2n) is 9.46. The summed E-state index contributed by atoms with van der Waals surface area (Å²) in [5, 5.41) is 16.9. The number of nitrogens with one attached hydrogen (secondary N) is 4. The number of pyridine rings is 2. The van der Waals surface area contributed by atoms with Crippen molar-refractivity contribution in [2.75, 3.05) is 16.0 Å². The molecule has 4 aromatic rings. The Labute approximate surface area is 223 Å². The zero-order valence-electron chi connectivity index (χ0n) is 21.3. The Morgan fingerprint density at radius 1 is 1.03 bits per heavy atom. The van der Waals surface area contributed by atoms with Crippen LogP contribution in [0.3, 0.4) is 0 Å². The van der Waals surface area contributed by atoms with E-state index in [0.717, 1.165) is 31.9 Å². The Morgan fingerprint density at radius 2 is 1.82 bits per heavy atom. The zero-order chi connectivity index (χ0) is 27.4. The van der Waals surface area contributed by atoms with Crippen molar-refractivity contribution in [1.29, 1.82) is 0 Å². The van der Waals surface area contributed by atoms with Gasteiger partial charge in [0.15, 0.2) is 17.2 Å². The predicted molar refractivity (Wildman–Crippen MR) is 144 cm³/mol. The summed E-state index contributed by atoms with van der Waals surface area (Å²) in [7, 11) is 0. The maximum absolute atomic E-state index is 14.1. The van der Waals surface area contributed by atoms with Crippen LogP contribution in [0.5, 0.6) is 0 Å². The molecular formula is C26H29FN10O2. The van der Waals surface area contributed by atoms with E-state index in [1.54, 1.807) is 13.1 Å². The average molecular weight is 533 g/mol. The van der Waals surface area contributed by atoms with Crippen molar-refractivity contribution >= 4 is 40.5 Å². The van der Waals surface area contributed by atoms with Crippen LogP contribution in [-0.4, -0.2) is 54.5 Å². The molecule has 0 bridgehead atoms. The molecule has 1 fully saturated rings. The second kappa shape index (κ2) is 11.4. The fraction of sp³-hybridized carbons (Fsp3) is 0.308. The van der Waals surface area contributed by atoms with Gasteiger partial charge >= 0.3 is 0 Å². The minimum Gasteiger partial charge on any atom is -0.366 e. The van der Waals surface area contributed by atoms with Crippen LogP contribution in [-0.2, 0) is 4.79 Å². The van der Waals surface area contributed by atoms with Crippen molar-refractivity contribution < 1.29 is 14.0 Å². The van der Waals surface area contributed by atoms with Crippen LogP contribution in [0.1, 0.15) is 43.1 Å². The van der Waals surface area contributed by atoms with Gasteiger partial charge in [-0.15, -0.1) is 5.10 Å². The minimum atomic E-state index is -0.653. The molecule has 0 unspecified atom stereocenters. The lowest BCUT2D eigenvalue weighted by Crippen LogP contribution is -2.46. The largest absolute Gasteiger partial charge is 0.366 e. The summed E-state index contributed by atoms with van der Waals surface area (Å²) >= 11 is 0. The number of rotatable bonds is 8. The molecule has 0 aromatic carbocycles. The Morgan fingerprint density at radius 3 is 2.54 bits per heavy atom. The van der Waals surface area contributed by atoms with Crippen LogP contribution >= 0.6 is 0 Å². The highest BCUT2D eigenvalue weighted by atomic mass is 19.1. The molecule has 13 heteroatoms. The van der Waals surface area contributed by atoms with E-state index in [-0.39, 0.29) is 29.4 Å². The van der Waals surface area contributed by atoms with E-state index in [1.165, 1.54) is 23.0 Å². The number of amides is 2. The molecule has 2 amide bonds. The number of hydrogen-bond acceptors (Lipinski definition) is 9. The molecule has 0 spiro atoms. The molecule has 0 aliphatic heterocycles. The van der Waals surface area contributed by atoms with Crippen molar-refractivity contribution in [3.63, 3.8) is 0 Å². The molecule has 0 saturated heterocycles. The molecule has 202 valence electrons. The summed E-state index contributed by atoms with van der Waals surface area (Å²) in [5.74, 6) is -0.270. The first-order valence-corrected chi connectivity index (χ1v) is 12.7. The fourth-order valence-corrected chi connectivity index (χ4v) is 4.45. The van der Waals surface area contributed by atoms with Gasteiger partial charge in [0.05, 0.1) is 29.8 Å². The van der Waals surface area contributed by atoms with Gasteiger partial charge in [-0.25, -0.2) is 18.9 Å². The van der Waals surface area contributed by atoms with E-state index in [2.05, 4.69) is 41.3 Å². The standard InChI is InChI=1S/C26H29FN10O2/c1-15(28)25(38)33-17-7-5-16(6-8-17)32-23-12-20(34-22-4-2-3-10-30-22)24-31-14-21(37(24)36-23)26(39)35-19-9-11-29-13-18(19)27/h2-4,9-17H,5-8,28H2,1H3,(H,30,34)(H,32,36)(H,33,38)(H,29,35,39)/t15-,16?,17?/m0/s1. The van der Waals surface area contributed by atoms with Gasteiger partial charge in [-0.2, -0.15) is 0 Å². The summed E-state index contributed by atoms with van der Waals surface area (Å²) < 4.78 is 15.5. The molecule has 1 aliphatic rings. The number of halogens is 1. The Balaban J connectivity index is 1.40. The SMILES string of the molecule is C[C@H](N)C(=O)NC1CCC(Nc2cc(Nc3ccccn3)c3ncc(C(=O)Nc4ccncc4F)n3n2)CC1. The van der Waals surface area contributed by atoms with Crippen molar-refractivity contribution in [3.05, 3.63) is 66.6 Å². The smallest absolute Gasteiger partial charge is 0.276 e. The first-order valence-electron chi connectivity index (χ1n) is 12.7. The lowest BCUT2D eigenvalue weighted by molar-refractivity contribution is -0.122. The summed E-state index contributed by atoms with van der Waals surface area (Å²) in [6.07, 6.45) is 8.68. The normalized spacial score (nSPS) is 17.8. The van der Waals surface area contributed by atoms with Crippen LogP contribution in [0.15, 0.2) is 55.1 Å². The molecule has 6 N–H and O–H groups in total. The monoisotopic (exact) mass is 532 g/mol. The molecule has 4 heterocycles. The van der Waals surface area contributed by atoms with E-state index in [9.17, 15) is 14.0 Å². The van der Waals surface area contributed by atoms with E-state index in [0.29, 0.717) is 23.0 Å². The van der Waals surface area contributed by atoms with Crippen LogP contribution in [0.4, 0.5) is 27.4 Å². The molecule has 1 aliphatic carbocycles. The molecule has 1 saturated carbocycles. The summed E-state index contributed by atoms with van der Waals surface area (Å²) in [6.45, 7) is 1.67. The van der Waals surface area contributed by atoms with Crippen molar-refractivity contribution in [3.8, 4) is 0 Å². The van der Waals surface area contributed by atoms with Crippen molar-refractivity contribution in [1.82, 2.24) is 29.9 Å². The summed E-state index contributed by atoms with van der Waals surface area (Å²) in [5.41, 5.74) is 6.77. The molecule has 5 rings (SSSR count). The second-order valence-corrected chi connectivity index (χ2v) is 9.46. The molecule has 39 heavy (non-hydrogen) atoms. The van der Waals surface area contributed by atoms with Crippen LogP contribution < -0.4 is 27.0 Å². The topological polar surface area (TPSA) is 164 Å². The number of carbonyl (C=O) groups is 2. The summed E-state index contributed by atoms with van der Waals surface area (Å²) in [6, 6.07) is 8.29. The number of imidazole rings is 1. The fourth-order valence-electron chi connectivity index (χ4n) is 4.45. The average Bonchev–Trinajstić information content (AvgIpc) is 3.36. The van der Waals surface area contributed by atoms with Crippen LogP contribution in [0, 0.1) is 5.82 Å². The van der Waals surface area contributed by atoms with Crippen LogP contribution in [0.25, 0.3) is 5.65 Å². The van der Waals surface area contributed by atoms with E-state index in [4.69, 9.17) is 5.73 Å². The van der Waals surface area contributed by atoms with Crippen molar-refractivity contribution in [2.24, 2.45) is 5.73 Å².